The molecule has 0 fully saturated rings. The van der Waals surface area contributed by atoms with Crippen LogP contribution in [-0.2, 0) is 9.05 Å². The van der Waals surface area contributed by atoms with Crippen LogP contribution >= 0.6 is 22.0 Å². The van der Waals surface area contributed by atoms with E-state index < -0.39 is 9.05 Å². The number of aryl methyl sites for hydroxylation is 2. The Morgan fingerprint density at radius 3 is 2.71 bits per heavy atom. The summed E-state index contributed by atoms with van der Waals surface area (Å²) < 4.78 is 24.1. The van der Waals surface area contributed by atoms with E-state index in [1.807, 2.05) is 12.3 Å². The lowest BCUT2D eigenvalue weighted by molar-refractivity contribution is 0.604. The Kier molecular flexibility index (Phi) is 2.09. The Labute approximate surface area is 89.6 Å². The molecule has 2 aromatic rings. The zero-order valence-corrected chi connectivity index (χ0v) is 9.87. The van der Waals surface area contributed by atoms with Crippen molar-refractivity contribution in [2.75, 3.05) is 0 Å². The van der Waals surface area contributed by atoms with Gasteiger partial charge < -0.3 is 0 Å². The number of nitrogens with zero attached hydrogens (tertiary/aromatic N) is 2. The van der Waals surface area contributed by atoms with Crippen LogP contribution in [0.2, 0.25) is 0 Å². The van der Waals surface area contributed by atoms with Crippen LogP contribution in [0, 0.1) is 13.8 Å². The maximum absolute atomic E-state index is 11.3. The van der Waals surface area contributed by atoms with Crippen LogP contribution in [0.3, 0.4) is 0 Å². The number of rotatable bonds is 1. The first-order chi connectivity index (χ1) is 6.41. The van der Waals surface area contributed by atoms with E-state index in [9.17, 15) is 8.42 Å². The highest BCUT2D eigenvalue weighted by Crippen LogP contribution is 2.25. The molecule has 0 atom stereocenters. The second-order valence-electron chi connectivity index (χ2n) is 2.94. The first-order valence-electron chi connectivity index (χ1n) is 3.79. The Hall–Kier alpha value is -0.590. The molecule has 4 nitrogen and oxygen atoms in total. The molecule has 0 radical (unpaired) electrons. The average molecular weight is 251 g/mol. The molecule has 0 amide bonds. The molecule has 0 saturated carbocycles. The molecule has 7 heteroatoms. The topological polar surface area (TPSA) is 51.4 Å². The van der Waals surface area contributed by atoms with Crippen LogP contribution in [-0.4, -0.2) is 17.8 Å². The first kappa shape index (κ1) is 9.95. The van der Waals surface area contributed by atoms with Crippen molar-refractivity contribution in [3.8, 4) is 0 Å². The van der Waals surface area contributed by atoms with Crippen molar-refractivity contribution in [2.45, 2.75) is 18.9 Å². The summed E-state index contributed by atoms with van der Waals surface area (Å²) in [4.78, 5) is 4.77. The molecule has 0 aliphatic heterocycles. The molecular formula is C7H7ClN2O2S2. The number of aromatic nitrogens is 2. The van der Waals surface area contributed by atoms with Gasteiger partial charge in [-0.3, -0.25) is 4.40 Å². The molecule has 2 aromatic heterocycles. The molecule has 2 rings (SSSR count). The predicted octanol–water partition coefficient (Wildman–Crippen LogP) is 1.94. The fraction of sp³-hybridized carbons (Fsp3) is 0.286. The highest BCUT2D eigenvalue weighted by atomic mass is 35.7. The van der Waals surface area contributed by atoms with Crippen LogP contribution in [0.4, 0.5) is 0 Å². The lowest BCUT2D eigenvalue weighted by Gasteiger charge is -1.96. The van der Waals surface area contributed by atoms with Gasteiger partial charge in [-0.25, -0.2) is 13.4 Å². The van der Waals surface area contributed by atoms with E-state index in [0.29, 0.717) is 10.7 Å². The Bertz CT molecular complexity index is 597. The minimum Gasteiger partial charge on any atom is -0.277 e. The van der Waals surface area contributed by atoms with Gasteiger partial charge in [-0.1, -0.05) is 0 Å². The highest BCUT2D eigenvalue weighted by Gasteiger charge is 2.22. The van der Waals surface area contributed by atoms with Gasteiger partial charge in [0, 0.05) is 21.8 Å². The van der Waals surface area contributed by atoms with E-state index in [0.717, 1.165) is 5.69 Å². The normalized spacial score (nSPS) is 12.5. The average Bonchev–Trinajstić information content (AvgIpc) is 2.49. The van der Waals surface area contributed by atoms with E-state index in [2.05, 4.69) is 4.98 Å². The number of thiazole rings is 1. The molecule has 14 heavy (non-hydrogen) atoms. The lowest BCUT2D eigenvalue weighted by atomic mass is 10.5. The Balaban J connectivity index is 2.99. The summed E-state index contributed by atoms with van der Waals surface area (Å²) in [5.41, 5.74) is 1.26. The van der Waals surface area contributed by atoms with Crippen molar-refractivity contribution < 1.29 is 8.42 Å². The zero-order valence-electron chi connectivity index (χ0n) is 7.48. The largest absolute Gasteiger partial charge is 0.279 e. The summed E-state index contributed by atoms with van der Waals surface area (Å²) in [6.07, 6.45) is 0. The Morgan fingerprint density at radius 2 is 2.14 bits per heavy atom. The summed E-state index contributed by atoms with van der Waals surface area (Å²) in [7, 11) is 1.60. The smallest absolute Gasteiger partial charge is 0.277 e. The molecule has 0 spiro atoms. The van der Waals surface area contributed by atoms with Crippen molar-refractivity contribution in [1.29, 1.82) is 0 Å². The number of imidazole rings is 1. The third kappa shape index (κ3) is 1.34. The molecule has 0 aliphatic carbocycles. The molecule has 0 saturated heterocycles. The molecule has 0 aromatic carbocycles. The molecule has 76 valence electrons. The molecule has 0 unspecified atom stereocenters. The summed E-state index contributed by atoms with van der Waals surface area (Å²) in [5.74, 6) is 0. The molecule has 2 heterocycles. The fourth-order valence-corrected chi connectivity index (χ4v) is 3.71. The van der Waals surface area contributed by atoms with Gasteiger partial charge >= 0.3 is 0 Å². The molecule has 0 aliphatic rings. The molecule has 0 N–H and O–H groups in total. The van der Waals surface area contributed by atoms with E-state index in [4.69, 9.17) is 10.7 Å². The van der Waals surface area contributed by atoms with Crippen LogP contribution in [0.15, 0.2) is 10.4 Å². The van der Waals surface area contributed by atoms with Crippen molar-refractivity contribution in [2.24, 2.45) is 0 Å². The van der Waals surface area contributed by atoms with Gasteiger partial charge in [0.05, 0.1) is 5.69 Å². The minimum atomic E-state index is -3.73. The monoisotopic (exact) mass is 250 g/mol. The fourth-order valence-electron chi connectivity index (χ4n) is 1.36. The van der Waals surface area contributed by atoms with Crippen molar-refractivity contribution in [3.05, 3.63) is 16.8 Å². The van der Waals surface area contributed by atoms with E-state index in [-0.39, 0.29) is 5.03 Å². The summed E-state index contributed by atoms with van der Waals surface area (Å²) in [5, 5.41) is 1.92. The van der Waals surface area contributed by atoms with Crippen molar-refractivity contribution in [3.63, 3.8) is 0 Å². The van der Waals surface area contributed by atoms with Crippen LogP contribution in [0.1, 0.15) is 11.4 Å². The summed E-state index contributed by atoms with van der Waals surface area (Å²) in [6.45, 7) is 3.45. The van der Waals surface area contributed by atoms with Crippen molar-refractivity contribution in [1.82, 2.24) is 9.38 Å². The molecule has 0 bridgehead atoms. The van der Waals surface area contributed by atoms with Gasteiger partial charge in [0.15, 0.2) is 9.99 Å². The van der Waals surface area contributed by atoms with Gasteiger partial charge in [0.1, 0.15) is 0 Å². The molecular weight excluding hydrogens is 244 g/mol. The second-order valence-corrected chi connectivity index (χ2v) is 6.25. The van der Waals surface area contributed by atoms with Gasteiger partial charge in [-0.2, -0.15) is 0 Å². The predicted molar refractivity (Wildman–Crippen MR) is 55.6 cm³/mol. The standard InChI is InChI=1S/C7H7ClN2O2S2/c1-4-3-13-7-9-5(2)6(10(4)7)14(8,11)12/h3H,1-2H3. The summed E-state index contributed by atoms with van der Waals surface area (Å²) >= 11 is 1.39. The van der Waals surface area contributed by atoms with Crippen LogP contribution < -0.4 is 0 Å². The van der Waals surface area contributed by atoms with Gasteiger partial charge in [0.25, 0.3) is 9.05 Å². The summed E-state index contributed by atoms with van der Waals surface area (Å²) in [6, 6.07) is 0. The third-order valence-electron chi connectivity index (χ3n) is 1.89. The van der Waals surface area contributed by atoms with E-state index in [1.165, 1.54) is 11.3 Å². The third-order valence-corrected chi connectivity index (χ3v) is 4.21. The van der Waals surface area contributed by atoms with Gasteiger partial charge in [-0.05, 0) is 13.8 Å². The van der Waals surface area contributed by atoms with Crippen LogP contribution in [0.25, 0.3) is 4.96 Å². The quantitative estimate of drug-likeness (QED) is 0.727. The second kappa shape index (κ2) is 2.95. The SMILES string of the molecule is Cc1nc2scc(C)n2c1S(=O)(=O)Cl. The van der Waals surface area contributed by atoms with Gasteiger partial charge in [-0.15, -0.1) is 11.3 Å². The number of halogens is 1. The zero-order chi connectivity index (χ0) is 10.5. The van der Waals surface area contributed by atoms with Crippen molar-refractivity contribution >= 4 is 36.0 Å². The first-order valence-corrected chi connectivity index (χ1v) is 6.98. The lowest BCUT2D eigenvalue weighted by Crippen LogP contribution is -1.99. The Morgan fingerprint density at radius 1 is 1.50 bits per heavy atom. The number of fused-ring (bicyclic) bond motifs is 1. The van der Waals surface area contributed by atoms with Crippen LogP contribution in [0.5, 0.6) is 0 Å². The number of hydrogen-bond donors (Lipinski definition) is 0. The van der Waals surface area contributed by atoms with E-state index in [1.54, 1.807) is 11.3 Å². The number of hydrogen-bond acceptors (Lipinski definition) is 4. The maximum Gasteiger partial charge on any atom is 0.279 e. The van der Waals surface area contributed by atoms with E-state index >= 15 is 0 Å². The minimum absolute atomic E-state index is 0.0768. The highest BCUT2D eigenvalue weighted by molar-refractivity contribution is 8.13. The maximum atomic E-state index is 11.3. The van der Waals surface area contributed by atoms with Gasteiger partial charge in [0.2, 0.25) is 0 Å².